The highest BCUT2D eigenvalue weighted by Gasteiger charge is 2.00. The van der Waals surface area contributed by atoms with Gasteiger partial charge in [-0.15, -0.1) is 0 Å². The quantitative estimate of drug-likeness (QED) is 0.538. The molecular formula is C11H22N2O3. The molecule has 0 saturated carbocycles. The highest BCUT2D eigenvalue weighted by molar-refractivity contribution is 5.77. The van der Waals surface area contributed by atoms with Crippen molar-refractivity contribution in [3.63, 3.8) is 0 Å². The van der Waals surface area contributed by atoms with E-state index in [4.69, 9.17) is 10.5 Å². The molecule has 0 aromatic rings. The van der Waals surface area contributed by atoms with Crippen molar-refractivity contribution < 1.29 is 14.3 Å². The van der Waals surface area contributed by atoms with E-state index in [-0.39, 0.29) is 18.4 Å². The molecule has 0 unspecified atom stereocenters. The number of rotatable bonds is 10. The van der Waals surface area contributed by atoms with Gasteiger partial charge in [-0.1, -0.05) is 13.3 Å². The van der Waals surface area contributed by atoms with E-state index < -0.39 is 0 Å². The van der Waals surface area contributed by atoms with Crippen LogP contribution in [0.15, 0.2) is 0 Å². The molecular weight excluding hydrogens is 208 g/mol. The number of nitrogens with one attached hydrogen (secondary N) is 1. The summed E-state index contributed by atoms with van der Waals surface area (Å²) < 4.78 is 5.08. The van der Waals surface area contributed by atoms with E-state index in [9.17, 15) is 9.59 Å². The number of carbonyl (C=O) groups is 2. The zero-order chi connectivity index (χ0) is 12.2. The standard InChI is InChI=1S/C11H22N2O3/c1-2-8-16-9-11(15)13-7-5-3-4-6-10(12)14/h2-9H2,1H3,(H2,12,14)(H,13,15). The highest BCUT2D eigenvalue weighted by atomic mass is 16.5. The molecule has 0 rings (SSSR count). The van der Waals surface area contributed by atoms with Gasteiger partial charge in [-0.2, -0.15) is 0 Å². The molecule has 0 bridgehead atoms. The Hall–Kier alpha value is -1.10. The van der Waals surface area contributed by atoms with Crippen LogP contribution in [0.1, 0.15) is 39.0 Å². The second kappa shape index (κ2) is 10.4. The van der Waals surface area contributed by atoms with Crippen LogP contribution in [0.2, 0.25) is 0 Å². The summed E-state index contributed by atoms with van der Waals surface area (Å²) >= 11 is 0. The van der Waals surface area contributed by atoms with Gasteiger partial charge in [0.1, 0.15) is 6.61 Å². The lowest BCUT2D eigenvalue weighted by molar-refractivity contribution is -0.125. The maximum absolute atomic E-state index is 11.1. The van der Waals surface area contributed by atoms with E-state index in [0.717, 1.165) is 25.7 Å². The number of hydrogen-bond acceptors (Lipinski definition) is 3. The van der Waals surface area contributed by atoms with Crippen molar-refractivity contribution in [3.8, 4) is 0 Å². The second-order valence-electron chi connectivity index (χ2n) is 3.68. The Morgan fingerprint density at radius 3 is 2.62 bits per heavy atom. The fourth-order valence-electron chi connectivity index (χ4n) is 1.19. The first kappa shape index (κ1) is 14.9. The van der Waals surface area contributed by atoms with Gasteiger partial charge < -0.3 is 15.8 Å². The summed E-state index contributed by atoms with van der Waals surface area (Å²) in [6.45, 7) is 3.38. The maximum Gasteiger partial charge on any atom is 0.245 e. The van der Waals surface area contributed by atoms with Gasteiger partial charge in [0.05, 0.1) is 0 Å². The van der Waals surface area contributed by atoms with Crippen molar-refractivity contribution in [2.24, 2.45) is 5.73 Å². The molecule has 0 atom stereocenters. The molecule has 0 aliphatic heterocycles. The first-order valence-corrected chi connectivity index (χ1v) is 5.79. The van der Waals surface area contributed by atoms with Crippen LogP contribution in [0.3, 0.4) is 0 Å². The van der Waals surface area contributed by atoms with Crippen LogP contribution in [0.25, 0.3) is 0 Å². The van der Waals surface area contributed by atoms with E-state index >= 15 is 0 Å². The molecule has 0 aromatic heterocycles. The molecule has 0 aliphatic carbocycles. The molecule has 0 radical (unpaired) electrons. The van der Waals surface area contributed by atoms with Crippen LogP contribution >= 0.6 is 0 Å². The van der Waals surface area contributed by atoms with E-state index in [1.165, 1.54) is 0 Å². The number of primary amides is 1. The van der Waals surface area contributed by atoms with Crippen LogP contribution in [0.4, 0.5) is 0 Å². The first-order chi connectivity index (χ1) is 7.66. The molecule has 5 heteroatoms. The number of ether oxygens (including phenoxy) is 1. The third-order valence-corrected chi connectivity index (χ3v) is 2.00. The number of amides is 2. The molecule has 0 saturated heterocycles. The minimum absolute atomic E-state index is 0.0802. The van der Waals surface area contributed by atoms with Crippen molar-refractivity contribution in [2.45, 2.75) is 39.0 Å². The molecule has 0 aromatic carbocycles. The summed E-state index contributed by atoms with van der Waals surface area (Å²) in [5, 5.41) is 2.75. The van der Waals surface area contributed by atoms with Gasteiger partial charge in [0.15, 0.2) is 0 Å². The highest BCUT2D eigenvalue weighted by Crippen LogP contribution is 1.97. The lowest BCUT2D eigenvalue weighted by Gasteiger charge is -2.05. The molecule has 5 nitrogen and oxygen atoms in total. The summed E-state index contributed by atoms with van der Waals surface area (Å²) in [4.78, 5) is 21.6. The Morgan fingerprint density at radius 1 is 1.25 bits per heavy atom. The number of carbonyl (C=O) groups excluding carboxylic acids is 2. The van der Waals surface area contributed by atoms with Crippen molar-refractivity contribution in [1.82, 2.24) is 5.32 Å². The van der Waals surface area contributed by atoms with Gasteiger partial charge in [0, 0.05) is 19.6 Å². The predicted molar refractivity (Wildman–Crippen MR) is 61.8 cm³/mol. The van der Waals surface area contributed by atoms with E-state index in [1.807, 2.05) is 6.92 Å². The summed E-state index contributed by atoms with van der Waals surface area (Å²) in [6.07, 6.45) is 3.90. The van der Waals surface area contributed by atoms with Gasteiger partial charge in [0.2, 0.25) is 11.8 Å². The summed E-state index contributed by atoms with van der Waals surface area (Å²) in [5.74, 6) is -0.347. The molecule has 94 valence electrons. The van der Waals surface area contributed by atoms with Crippen LogP contribution < -0.4 is 11.1 Å². The second-order valence-corrected chi connectivity index (χ2v) is 3.68. The fourth-order valence-corrected chi connectivity index (χ4v) is 1.19. The minimum Gasteiger partial charge on any atom is -0.372 e. The molecule has 16 heavy (non-hydrogen) atoms. The largest absolute Gasteiger partial charge is 0.372 e. The van der Waals surface area contributed by atoms with Gasteiger partial charge in [-0.3, -0.25) is 9.59 Å². The molecule has 0 heterocycles. The average molecular weight is 230 g/mol. The zero-order valence-electron chi connectivity index (χ0n) is 9.96. The van der Waals surface area contributed by atoms with Crippen molar-refractivity contribution in [3.05, 3.63) is 0 Å². The summed E-state index contributed by atoms with van der Waals surface area (Å²) in [5.41, 5.74) is 5.00. The lowest BCUT2D eigenvalue weighted by Crippen LogP contribution is -2.28. The minimum atomic E-state index is -0.267. The smallest absolute Gasteiger partial charge is 0.245 e. The SMILES string of the molecule is CCCOCC(=O)NCCCCCC(N)=O. The first-order valence-electron chi connectivity index (χ1n) is 5.79. The molecule has 0 spiro atoms. The Labute approximate surface area is 96.7 Å². The Balaban J connectivity index is 3.18. The molecule has 3 N–H and O–H groups in total. The van der Waals surface area contributed by atoms with E-state index in [1.54, 1.807) is 0 Å². The summed E-state index contributed by atoms with van der Waals surface area (Å²) in [7, 11) is 0. The predicted octanol–water partition coefficient (Wildman–Crippen LogP) is 0.575. The monoisotopic (exact) mass is 230 g/mol. The average Bonchev–Trinajstić information content (AvgIpc) is 2.23. The topological polar surface area (TPSA) is 81.4 Å². The van der Waals surface area contributed by atoms with Gasteiger partial charge >= 0.3 is 0 Å². The van der Waals surface area contributed by atoms with Gasteiger partial charge in [0.25, 0.3) is 0 Å². The summed E-state index contributed by atoms with van der Waals surface area (Å²) in [6, 6.07) is 0. The Bertz CT molecular complexity index is 207. The van der Waals surface area contributed by atoms with Crippen molar-refractivity contribution >= 4 is 11.8 Å². The molecule has 0 fully saturated rings. The number of unbranched alkanes of at least 4 members (excludes halogenated alkanes) is 2. The Morgan fingerprint density at radius 2 is 2.00 bits per heavy atom. The van der Waals surface area contributed by atoms with Crippen LogP contribution in [0.5, 0.6) is 0 Å². The normalized spacial score (nSPS) is 10.1. The van der Waals surface area contributed by atoms with Gasteiger partial charge in [-0.25, -0.2) is 0 Å². The van der Waals surface area contributed by atoms with Gasteiger partial charge in [-0.05, 0) is 19.3 Å². The third kappa shape index (κ3) is 11.0. The maximum atomic E-state index is 11.1. The third-order valence-electron chi connectivity index (χ3n) is 2.00. The fraction of sp³-hybridized carbons (Fsp3) is 0.818. The molecule has 0 aliphatic rings. The Kier molecular flexibility index (Phi) is 9.70. The van der Waals surface area contributed by atoms with Crippen molar-refractivity contribution in [2.75, 3.05) is 19.8 Å². The van der Waals surface area contributed by atoms with Crippen LogP contribution in [-0.4, -0.2) is 31.6 Å². The van der Waals surface area contributed by atoms with E-state index in [0.29, 0.717) is 19.6 Å². The zero-order valence-corrected chi connectivity index (χ0v) is 9.96. The lowest BCUT2D eigenvalue weighted by atomic mass is 10.2. The number of hydrogen-bond donors (Lipinski definition) is 2. The van der Waals surface area contributed by atoms with Crippen LogP contribution in [0, 0.1) is 0 Å². The number of nitrogens with two attached hydrogens (primary N) is 1. The molecule has 2 amide bonds. The van der Waals surface area contributed by atoms with Crippen molar-refractivity contribution in [1.29, 1.82) is 0 Å². The van der Waals surface area contributed by atoms with Crippen LogP contribution in [-0.2, 0) is 14.3 Å². The van der Waals surface area contributed by atoms with E-state index in [2.05, 4.69) is 5.32 Å².